The smallest absolute Gasteiger partial charge is 0.264 e. The van der Waals surface area contributed by atoms with Gasteiger partial charge in [0.15, 0.2) is 11.5 Å². The number of carbonyl (C=O) groups is 3. The first kappa shape index (κ1) is 32.8. The van der Waals surface area contributed by atoms with Crippen molar-refractivity contribution in [1.82, 2.24) is 19.8 Å². The van der Waals surface area contributed by atoms with E-state index < -0.39 is 27.9 Å². The van der Waals surface area contributed by atoms with Gasteiger partial charge in [-0.2, -0.15) is 5.10 Å². The van der Waals surface area contributed by atoms with Crippen molar-refractivity contribution in [2.45, 2.75) is 62.9 Å². The van der Waals surface area contributed by atoms with Crippen LogP contribution in [0, 0.1) is 13.8 Å². The van der Waals surface area contributed by atoms with Gasteiger partial charge in [0, 0.05) is 42.4 Å². The van der Waals surface area contributed by atoms with Crippen LogP contribution >= 0.6 is 0 Å². The Morgan fingerprint density at radius 2 is 1.67 bits per heavy atom. The van der Waals surface area contributed by atoms with Gasteiger partial charge in [0.25, 0.3) is 10.0 Å². The molecule has 3 amide bonds. The number of benzene rings is 3. The molecule has 1 fully saturated rings. The number of nitrogens with one attached hydrogen (secondary N) is 2. The van der Waals surface area contributed by atoms with Crippen LogP contribution in [0.25, 0.3) is 0 Å². The van der Waals surface area contributed by atoms with Crippen molar-refractivity contribution < 1.29 is 32.3 Å². The van der Waals surface area contributed by atoms with E-state index in [2.05, 4.69) is 15.1 Å². The lowest BCUT2D eigenvalue weighted by molar-refractivity contribution is -0.127. The Bertz CT molecular complexity index is 1950. The van der Waals surface area contributed by atoms with E-state index in [1.807, 2.05) is 37.3 Å². The van der Waals surface area contributed by atoms with Gasteiger partial charge < -0.3 is 19.7 Å². The van der Waals surface area contributed by atoms with Gasteiger partial charge in [-0.25, -0.2) is 13.1 Å². The van der Waals surface area contributed by atoms with E-state index in [-0.39, 0.29) is 42.9 Å². The second-order valence-corrected chi connectivity index (χ2v) is 13.8. The number of carbonyl (C=O) groups excluding carboxylic acids is 3. The van der Waals surface area contributed by atoms with Crippen molar-refractivity contribution in [2.24, 2.45) is 0 Å². The Balaban J connectivity index is 1.18. The maximum Gasteiger partial charge on any atom is 0.264 e. The molecular formula is C35H37N5O7S. The fraction of sp³-hybridized carbons (Fsp3) is 0.314. The Labute approximate surface area is 279 Å². The quantitative estimate of drug-likeness (QED) is 0.232. The molecule has 6 rings (SSSR count). The largest absolute Gasteiger partial charge is 0.454 e. The van der Waals surface area contributed by atoms with Crippen LogP contribution in [0.4, 0.5) is 5.69 Å². The molecule has 3 aromatic carbocycles. The SMILES string of the molecule is Cc1ccc(S(=O)(=O)NC(=O)Cc2c(C3CC3)nn(CC(=O)N[C@@H](Cc3ccccc3)C(=O)N(C)c3ccc4c(c3)OCO4)c2C)cc1. The summed E-state index contributed by atoms with van der Waals surface area (Å²) in [7, 11) is -2.42. The molecule has 4 aromatic rings. The van der Waals surface area contributed by atoms with E-state index in [9.17, 15) is 22.8 Å². The van der Waals surface area contributed by atoms with Gasteiger partial charge in [-0.1, -0.05) is 48.0 Å². The normalized spacial score (nSPS) is 14.3. The molecule has 1 aliphatic heterocycles. The van der Waals surface area contributed by atoms with Crippen molar-refractivity contribution in [3.8, 4) is 11.5 Å². The third kappa shape index (κ3) is 7.36. The second kappa shape index (κ2) is 13.5. The Hall–Kier alpha value is -5.17. The van der Waals surface area contributed by atoms with Crippen molar-refractivity contribution >= 4 is 33.4 Å². The summed E-state index contributed by atoms with van der Waals surface area (Å²) in [4.78, 5) is 41.9. The molecule has 12 nitrogen and oxygen atoms in total. The van der Waals surface area contributed by atoms with Crippen molar-refractivity contribution in [3.05, 3.63) is 101 Å². The molecule has 1 aromatic heterocycles. The zero-order valence-electron chi connectivity index (χ0n) is 26.9. The maximum atomic E-state index is 13.8. The van der Waals surface area contributed by atoms with Gasteiger partial charge in [-0.15, -0.1) is 0 Å². The zero-order chi connectivity index (χ0) is 34.0. The molecule has 1 saturated carbocycles. The first-order chi connectivity index (χ1) is 23.0. The number of hydrogen-bond donors (Lipinski definition) is 2. The van der Waals surface area contributed by atoms with Gasteiger partial charge >= 0.3 is 0 Å². The maximum absolute atomic E-state index is 13.8. The van der Waals surface area contributed by atoms with Gasteiger partial charge in [0.05, 0.1) is 17.0 Å². The van der Waals surface area contributed by atoms with E-state index in [1.54, 1.807) is 44.3 Å². The molecule has 250 valence electrons. The summed E-state index contributed by atoms with van der Waals surface area (Å²) in [5, 5.41) is 7.59. The fourth-order valence-corrected chi connectivity index (χ4v) is 6.65. The minimum absolute atomic E-state index is 0.00303. The number of fused-ring (bicyclic) bond motifs is 1. The molecule has 1 atom stereocenters. The number of aromatic nitrogens is 2. The average molecular weight is 672 g/mol. The minimum Gasteiger partial charge on any atom is -0.454 e. The fourth-order valence-electron chi connectivity index (χ4n) is 5.67. The van der Waals surface area contributed by atoms with Gasteiger partial charge in [-0.3, -0.25) is 19.1 Å². The summed E-state index contributed by atoms with van der Waals surface area (Å²) in [6.07, 6.45) is 1.82. The molecule has 0 saturated heterocycles. The predicted molar refractivity (Wildman–Crippen MR) is 177 cm³/mol. The van der Waals surface area contributed by atoms with Crippen molar-refractivity contribution in [1.29, 1.82) is 0 Å². The number of rotatable bonds is 12. The molecule has 0 spiro atoms. The number of aryl methyl sites for hydroxylation is 1. The molecule has 0 bridgehead atoms. The zero-order valence-corrected chi connectivity index (χ0v) is 27.7. The van der Waals surface area contributed by atoms with Crippen molar-refractivity contribution in [3.63, 3.8) is 0 Å². The number of nitrogens with zero attached hydrogens (tertiary/aromatic N) is 3. The standard InChI is InChI=1S/C35H37N5O7S/c1-22-9-14-27(15-10-22)48(44,45)38-32(41)19-28-23(2)40(37-34(28)25-11-12-25)20-33(42)36-29(17-24-7-5-4-6-8-24)35(43)39(3)26-13-16-30-31(18-26)47-21-46-30/h4-10,13-16,18,25,29H,11-12,17,19-21H2,1-3H3,(H,36,42)(H,38,41)/t29-/m0/s1. The number of amides is 3. The number of ether oxygens (including phenoxy) is 2. The summed E-state index contributed by atoms with van der Waals surface area (Å²) < 4.78 is 40.2. The first-order valence-corrected chi connectivity index (χ1v) is 17.2. The first-order valence-electron chi connectivity index (χ1n) is 15.7. The predicted octanol–water partition coefficient (Wildman–Crippen LogP) is 3.54. The molecule has 2 aliphatic rings. The molecular weight excluding hydrogens is 634 g/mol. The third-order valence-corrected chi connectivity index (χ3v) is 9.91. The number of hydrogen-bond acceptors (Lipinski definition) is 8. The van der Waals surface area contributed by atoms with Crippen LogP contribution in [0.1, 0.15) is 46.8 Å². The van der Waals surface area contributed by atoms with Crippen LogP contribution in [0.2, 0.25) is 0 Å². The minimum atomic E-state index is -4.06. The van der Waals surface area contributed by atoms with E-state index >= 15 is 0 Å². The molecule has 48 heavy (non-hydrogen) atoms. The Morgan fingerprint density at radius 1 is 0.958 bits per heavy atom. The van der Waals surface area contributed by atoms with Crippen LogP contribution in [0.3, 0.4) is 0 Å². The summed E-state index contributed by atoms with van der Waals surface area (Å²) in [6, 6.07) is 19.9. The number of likely N-dealkylation sites (N-methyl/N-ethyl adjacent to an activating group) is 1. The lowest BCUT2D eigenvalue weighted by atomic mass is 10.0. The van der Waals surface area contributed by atoms with Crippen LogP contribution in [-0.4, -0.2) is 55.8 Å². The molecule has 0 radical (unpaired) electrons. The molecule has 2 N–H and O–H groups in total. The topological polar surface area (TPSA) is 149 Å². The Kier molecular flexibility index (Phi) is 9.22. The summed E-state index contributed by atoms with van der Waals surface area (Å²) >= 11 is 0. The van der Waals surface area contributed by atoms with Crippen LogP contribution in [0.5, 0.6) is 11.5 Å². The number of sulfonamides is 1. The average Bonchev–Trinajstić information content (AvgIpc) is 3.72. The number of anilines is 1. The van der Waals surface area contributed by atoms with Crippen LogP contribution < -0.4 is 24.4 Å². The lowest BCUT2D eigenvalue weighted by Gasteiger charge is -2.25. The molecule has 0 unspecified atom stereocenters. The van der Waals surface area contributed by atoms with Crippen LogP contribution in [-0.2, 0) is 43.8 Å². The molecule has 13 heteroatoms. The van der Waals surface area contributed by atoms with E-state index in [1.165, 1.54) is 21.7 Å². The van der Waals surface area contributed by atoms with Crippen LogP contribution in [0.15, 0.2) is 77.7 Å². The molecule has 1 aliphatic carbocycles. The molecule has 2 heterocycles. The van der Waals surface area contributed by atoms with E-state index in [0.29, 0.717) is 34.1 Å². The van der Waals surface area contributed by atoms with Gasteiger partial charge in [-0.05, 0) is 56.5 Å². The van der Waals surface area contributed by atoms with Gasteiger partial charge in [0.1, 0.15) is 12.6 Å². The van der Waals surface area contributed by atoms with Crippen molar-refractivity contribution in [2.75, 3.05) is 18.7 Å². The second-order valence-electron chi connectivity index (χ2n) is 12.1. The monoisotopic (exact) mass is 671 g/mol. The summed E-state index contributed by atoms with van der Waals surface area (Å²) in [5.41, 5.74) is 4.22. The highest BCUT2D eigenvalue weighted by Gasteiger charge is 2.33. The highest BCUT2D eigenvalue weighted by atomic mass is 32.2. The summed E-state index contributed by atoms with van der Waals surface area (Å²) in [6.45, 7) is 3.51. The summed E-state index contributed by atoms with van der Waals surface area (Å²) in [5.74, 6) is -0.187. The highest BCUT2D eigenvalue weighted by molar-refractivity contribution is 7.90. The lowest BCUT2D eigenvalue weighted by Crippen LogP contribution is -2.49. The third-order valence-electron chi connectivity index (χ3n) is 8.53. The Morgan fingerprint density at radius 3 is 2.38 bits per heavy atom. The van der Waals surface area contributed by atoms with E-state index in [4.69, 9.17) is 9.47 Å². The van der Waals surface area contributed by atoms with Gasteiger partial charge in [0.2, 0.25) is 24.5 Å². The van der Waals surface area contributed by atoms with E-state index in [0.717, 1.165) is 24.0 Å². The highest BCUT2D eigenvalue weighted by Crippen LogP contribution is 2.42.